The molecule has 0 saturated carbocycles. The Hall–Kier alpha value is -2.33. The fourth-order valence-corrected chi connectivity index (χ4v) is 2.43. The van der Waals surface area contributed by atoms with E-state index in [0.717, 1.165) is 17.7 Å². The standard InChI is InChI=1S/C16H17N3O/c1-20-16-14(3-2-7-18-16)11-19-8-6-13-9-12(10-17)4-5-15(13)19/h2-9H,10-11,17H2,1H3. The van der Waals surface area contributed by atoms with Gasteiger partial charge in [-0.1, -0.05) is 12.1 Å². The molecule has 0 fully saturated rings. The predicted octanol–water partition coefficient (Wildman–Crippen LogP) is 2.55. The number of rotatable bonds is 4. The molecule has 0 aliphatic carbocycles. The Labute approximate surface area is 117 Å². The molecule has 0 spiro atoms. The second kappa shape index (κ2) is 5.35. The molecule has 0 amide bonds. The first-order valence-electron chi connectivity index (χ1n) is 6.57. The Bertz CT molecular complexity index is 733. The zero-order valence-corrected chi connectivity index (χ0v) is 11.4. The molecule has 1 aromatic carbocycles. The molecular weight excluding hydrogens is 250 g/mol. The van der Waals surface area contributed by atoms with Gasteiger partial charge in [0.15, 0.2) is 0 Å². The number of methoxy groups -OCH3 is 1. The van der Waals surface area contributed by atoms with Crippen LogP contribution in [0.3, 0.4) is 0 Å². The summed E-state index contributed by atoms with van der Waals surface area (Å²) in [4.78, 5) is 4.23. The lowest BCUT2D eigenvalue weighted by Crippen LogP contribution is -2.02. The molecule has 4 heteroatoms. The molecule has 0 radical (unpaired) electrons. The highest BCUT2D eigenvalue weighted by Gasteiger charge is 2.07. The van der Waals surface area contributed by atoms with Crippen molar-refractivity contribution in [3.05, 3.63) is 59.9 Å². The molecule has 0 saturated heterocycles. The molecule has 102 valence electrons. The summed E-state index contributed by atoms with van der Waals surface area (Å²) < 4.78 is 7.49. The van der Waals surface area contributed by atoms with Gasteiger partial charge in [-0.05, 0) is 35.2 Å². The Morgan fingerprint density at radius 3 is 2.95 bits per heavy atom. The predicted molar refractivity (Wildman–Crippen MR) is 79.7 cm³/mol. The van der Waals surface area contributed by atoms with Crippen molar-refractivity contribution >= 4 is 10.9 Å². The summed E-state index contributed by atoms with van der Waals surface area (Å²) >= 11 is 0. The molecule has 0 bridgehead atoms. The molecule has 4 nitrogen and oxygen atoms in total. The molecular formula is C16H17N3O. The minimum Gasteiger partial charge on any atom is -0.481 e. The lowest BCUT2D eigenvalue weighted by molar-refractivity contribution is 0.391. The summed E-state index contributed by atoms with van der Waals surface area (Å²) in [6.45, 7) is 1.31. The van der Waals surface area contributed by atoms with Crippen LogP contribution in [0.2, 0.25) is 0 Å². The normalized spacial score (nSPS) is 10.9. The van der Waals surface area contributed by atoms with Crippen LogP contribution >= 0.6 is 0 Å². The fourth-order valence-electron chi connectivity index (χ4n) is 2.43. The lowest BCUT2D eigenvalue weighted by atomic mass is 10.1. The Balaban J connectivity index is 1.99. The van der Waals surface area contributed by atoms with Crippen molar-refractivity contribution < 1.29 is 4.74 Å². The minimum absolute atomic E-state index is 0.567. The Morgan fingerprint density at radius 1 is 1.25 bits per heavy atom. The van der Waals surface area contributed by atoms with Gasteiger partial charge in [0.25, 0.3) is 0 Å². The lowest BCUT2D eigenvalue weighted by Gasteiger charge is -2.09. The second-order valence-electron chi connectivity index (χ2n) is 4.71. The number of benzene rings is 1. The first-order chi connectivity index (χ1) is 9.81. The van der Waals surface area contributed by atoms with E-state index < -0.39 is 0 Å². The van der Waals surface area contributed by atoms with E-state index in [-0.39, 0.29) is 0 Å². The van der Waals surface area contributed by atoms with Crippen LogP contribution in [0.4, 0.5) is 0 Å². The van der Waals surface area contributed by atoms with E-state index in [1.54, 1.807) is 13.3 Å². The summed E-state index contributed by atoms with van der Waals surface area (Å²) in [5.74, 6) is 0.674. The van der Waals surface area contributed by atoms with E-state index in [1.807, 2.05) is 12.1 Å². The number of fused-ring (bicyclic) bond motifs is 1. The van der Waals surface area contributed by atoms with E-state index in [2.05, 4.69) is 40.0 Å². The topological polar surface area (TPSA) is 53.1 Å². The molecule has 2 aromatic heterocycles. The van der Waals surface area contributed by atoms with Crippen LogP contribution < -0.4 is 10.5 Å². The minimum atomic E-state index is 0.567. The van der Waals surface area contributed by atoms with Gasteiger partial charge in [0.1, 0.15) is 0 Å². The van der Waals surface area contributed by atoms with Crippen molar-refractivity contribution in [3.8, 4) is 5.88 Å². The Kier molecular flexibility index (Phi) is 3.39. The summed E-state index contributed by atoms with van der Waals surface area (Å²) in [6.07, 6.45) is 3.82. The maximum absolute atomic E-state index is 5.68. The van der Waals surface area contributed by atoms with Crippen LogP contribution in [0.15, 0.2) is 48.8 Å². The van der Waals surface area contributed by atoms with E-state index in [0.29, 0.717) is 12.4 Å². The highest BCUT2D eigenvalue weighted by atomic mass is 16.5. The van der Waals surface area contributed by atoms with Crippen molar-refractivity contribution in [3.63, 3.8) is 0 Å². The van der Waals surface area contributed by atoms with E-state index in [4.69, 9.17) is 10.5 Å². The van der Waals surface area contributed by atoms with Crippen molar-refractivity contribution in [1.29, 1.82) is 0 Å². The van der Waals surface area contributed by atoms with Crippen molar-refractivity contribution in [1.82, 2.24) is 9.55 Å². The highest BCUT2D eigenvalue weighted by molar-refractivity contribution is 5.81. The van der Waals surface area contributed by atoms with E-state index >= 15 is 0 Å². The average Bonchev–Trinajstić information content (AvgIpc) is 2.90. The molecule has 2 heterocycles. The van der Waals surface area contributed by atoms with Gasteiger partial charge in [-0.2, -0.15) is 0 Å². The van der Waals surface area contributed by atoms with Crippen LogP contribution in [-0.2, 0) is 13.1 Å². The van der Waals surface area contributed by atoms with Gasteiger partial charge < -0.3 is 15.0 Å². The SMILES string of the molecule is COc1ncccc1Cn1ccc2cc(CN)ccc21. The third-order valence-corrected chi connectivity index (χ3v) is 3.46. The molecule has 20 heavy (non-hydrogen) atoms. The van der Waals surface area contributed by atoms with Crippen LogP contribution in [-0.4, -0.2) is 16.7 Å². The largest absolute Gasteiger partial charge is 0.481 e. The van der Waals surface area contributed by atoms with Gasteiger partial charge >= 0.3 is 0 Å². The van der Waals surface area contributed by atoms with Gasteiger partial charge in [0.05, 0.1) is 13.7 Å². The summed E-state index contributed by atoms with van der Waals surface area (Å²) in [5.41, 5.74) is 9.08. The second-order valence-corrected chi connectivity index (χ2v) is 4.71. The first kappa shape index (κ1) is 12.7. The van der Waals surface area contributed by atoms with E-state index in [9.17, 15) is 0 Å². The van der Waals surface area contributed by atoms with E-state index in [1.165, 1.54) is 10.9 Å². The molecule has 0 aliphatic rings. The van der Waals surface area contributed by atoms with Gasteiger partial charge in [0, 0.05) is 30.0 Å². The number of ether oxygens (including phenoxy) is 1. The molecule has 0 aliphatic heterocycles. The van der Waals surface area contributed by atoms with Crippen LogP contribution in [0.5, 0.6) is 5.88 Å². The number of nitrogens with two attached hydrogens (primary N) is 1. The van der Waals surface area contributed by atoms with Gasteiger partial charge in [0.2, 0.25) is 5.88 Å². The quantitative estimate of drug-likeness (QED) is 0.790. The number of nitrogens with zero attached hydrogens (tertiary/aromatic N) is 2. The molecule has 0 unspecified atom stereocenters. The van der Waals surface area contributed by atoms with Crippen molar-refractivity contribution in [2.24, 2.45) is 5.73 Å². The third kappa shape index (κ3) is 2.26. The molecule has 2 N–H and O–H groups in total. The van der Waals surface area contributed by atoms with Crippen LogP contribution in [0.25, 0.3) is 10.9 Å². The number of pyridine rings is 1. The summed E-state index contributed by atoms with van der Waals surface area (Å²) in [7, 11) is 1.65. The fraction of sp³-hybridized carbons (Fsp3) is 0.188. The van der Waals surface area contributed by atoms with Crippen LogP contribution in [0, 0.1) is 0 Å². The van der Waals surface area contributed by atoms with Gasteiger partial charge in [-0.3, -0.25) is 0 Å². The van der Waals surface area contributed by atoms with Crippen molar-refractivity contribution in [2.45, 2.75) is 13.1 Å². The molecule has 3 aromatic rings. The maximum atomic E-state index is 5.68. The van der Waals surface area contributed by atoms with Gasteiger partial charge in [-0.15, -0.1) is 0 Å². The number of hydrogen-bond donors (Lipinski definition) is 1. The molecule has 3 rings (SSSR count). The summed E-state index contributed by atoms with van der Waals surface area (Å²) in [5, 5.41) is 1.20. The first-order valence-corrected chi connectivity index (χ1v) is 6.57. The number of hydrogen-bond acceptors (Lipinski definition) is 3. The maximum Gasteiger partial charge on any atom is 0.218 e. The zero-order valence-electron chi connectivity index (χ0n) is 11.4. The Morgan fingerprint density at radius 2 is 2.15 bits per heavy atom. The van der Waals surface area contributed by atoms with Crippen molar-refractivity contribution in [2.75, 3.05) is 7.11 Å². The van der Waals surface area contributed by atoms with Crippen LogP contribution in [0.1, 0.15) is 11.1 Å². The monoisotopic (exact) mass is 267 g/mol. The third-order valence-electron chi connectivity index (χ3n) is 3.46. The van der Waals surface area contributed by atoms with Gasteiger partial charge in [-0.25, -0.2) is 4.98 Å². The number of aromatic nitrogens is 2. The average molecular weight is 267 g/mol. The molecule has 0 atom stereocenters. The zero-order chi connectivity index (χ0) is 13.9. The highest BCUT2D eigenvalue weighted by Crippen LogP contribution is 2.21. The smallest absolute Gasteiger partial charge is 0.218 e. The summed E-state index contributed by atoms with van der Waals surface area (Å²) in [6, 6.07) is 12.4.